The Morgan fingerprint density at radius 2 is 1.20 bits per heavy atom. The standard InChI is InChI=1S/C18H22O2/c1-7-9-19-17-11-16(14(5)6)18(20-10-8-2)12-15(17)13(3)4/h1-2,11-14H,9-10H2,3-6H3. The summed E-state index contributed by atoms with van der Waals surface area (Å²) in [6, 6.07) is 4.03. The van der Waals surface area contributed by atoms with Gasteiger partial charge >= 0.3 is 0 Å². The molecular weight excluding hydrogens is 248 g/mol. The maximum absolute atomic E-state index is 5.67. The van der Waals surface area contributed by atoms with Crippen LogP contribution in [0.4, 0.5) is 0 Å². The lowest BCUT2D eigenvalue weighted by Crippen LogP contribution is -2.05. The summed E-state index contributed by atoms with van der Waals surface area (Å²) >= 11 is 0. The Morgan fingerprint density at radius 3 is 1.45 bits per heavy atom. The average Bonchev–Trinajstić information content (AvgIpc) is 2.42. The van der Waals surface area contributed by atoms with Gasteiger partial charge in [0.05, 0.1) is 0 Å². The third kappa shape index (κ3) is 3.97. The van der Waals surface area contributed by atoms with Gasteiger partial charge in [0.15, 0.2) is 0 Å². The number of rotatable bonds is 6. The molecule has 0 aliphatic heterocycles. The van der Waals surface area contributed by atoms with Crippen LogP contribution in [0.25, 0.3) is 0 Å². The van der Waals surface area contributed by atoms with Crippen LogP contribution in [0.1, 0.15) is 50.7 Å². The monoisotopic (exact) mass is 270 g/mol. The van der Waals surface area contributed by atoms with Crippen molar-refractivity contribution in [2.24, 2.45) is 0 Å². The molecule has 0 spiro atoms. The van der Waals surface area contributed by atoms with Crippen molar-refractivity contribution in [3.8, 4) is 36.2 Å². The second-order valence-electron chi connectivity index (χ2n) is 5.22. The van der Waals surface area contributed by atoms with E-state index in [1.165, 1.54) is 0 Å². The van der Waals surface area contributed by atoms with Crippen LogP contribution in [0.15, 0.2) is 12.1 Å². The molecular formula is C18H22O2. The van der Waals surface area contributed by atoms with Crippen molar-refractivity contribution in [2.45, 2.75) is 39.5 Å². The van der Waals surface area contributed by atoms with Crippen LogP contribution in [-0.2, 0) is 0 Å². The number of hydrogen-bond acceptors (Lipinski definition) is 2. The highest BCUT2D eigenvalue weighted by Crippen LogP contribution is 2.37. The first kappa shape index (κ1) is 16.0. The molecule has 20 heavy (non-hydrogen) atoms. The molecule has 0 bridgehead atoms. The summed E-state index contributed by atoms with van der Waals surface area (Å²) in [5.41, 5.74) is 2.16. The summed E-state index contributed by atoms with van der Waals surface area (Å²) in [7, 11) is 0. The van der Waals surface area contributed by atoms with Gasteiger partial charge in [-0.1, -0.05) is 39.5 Å². The van der Waals surface area contributed by atoms with Gasteiger partial charge in [-0.15, -0.1) is 12.8 Å². The summed E-state index contributed by atoms with van der Waals surface area (Å²) in [4.78, 5) is 0. The Hall–Kier alpha value is -2.06. The first-order chi connectivity index (χ1) is 9.51. The zero-order chi connectivity index (χ0) is 15.1. The number of ether oxygens (including phenoxy) is 2. The summed E-state index contributed by atoms with van der Waals surface area (Å²) in [6.45, 7) is 8.97. The van der Waals surface area contributed by atoms with E-state index >= 15 is 0 Å². The lowest BCUT2D eigenvalue weighted by molar-refractivity contribution is 0.350. The Balaban J connectivity index is 3.28. The molecule has 0 saturated carbocycles. The lowest BCUT2D eigenvalue weighted by Gasteiger charge is -2.19. The van der Waals surface area contributed by atoms with E-state index in [0.29, 0.717) is 11.8 Å². The Morgan fingerprint density at radius 1 is 0.850 bits per heavy atom. The van der Waals surface area contributed by atoms with Gasteiger partial charge < -0.3 is 9.47 Å². The van der Waals surface area contributed by atoms with E-state index in [4.69, 9.17) is 22.3 Å². The minimum atomic E-state index is 0.266. The van der Waals surface area contributed by atoms with Crippen LogP contribution in [0, 0.1) is 24.7 Å². The molecule has 0 aromatic heterocycles. The molecule has 0 saturated heterocycles. The lowest BCUT2D eigenvalue weighted by atomic mass is 9.95. The van der Waals surface area contributed by atoms with E-state index in [1.807, 2.05) is 12.1 Å². The molecule has 0 heterocycles. The van der Waals surface area contributed by atoms with Crippen LogP contribution >= 0.6 is 0 Å². The summed E-state index contributed by atoms with van der Waals surface area (Å²) in [6.07, 6.45) is 10.5. The molecule has 1 rings (SSSR count). The van der Waals surface area contributed by atoms with Crippen LogP contribution in [0.5, 0.6) is 11.5 Å². The molecule has 106 valence electrons. The highest BCUT2D eigenvalue weighted by molar-refractivity contribution is 5.49. The van der Waals surface area contributed by atoms with Gasteiger partial charge in [-0.05, 0) is 24.0 Å². The molecule has 0 aliphatic rings. The average molecular weight is 270 g/mol. The van der Waals surface area contributed by atoms with Crippen LogP contribution in [-0.4, -0.2) is 13.2 Å². The highest BCUT2D eigenvalue weighted by atomic mass is 16.5. The van der Waals surface area contributed by atoms with Gasteiger partial charge in [-0.3, -0.25) is 0 Å². The topological polar surface area (TPSA) is 18.5 Å². The van der Waals surface area contributed by atoms with Gasteiger partial charge in [0.25, 0.3) is 0 Å². The van der Waals surface area contributed by atoms with Gasteiger partial charge in [-0.25, -0.2) is 0 Å². The van der Waals surface area contributed by atoms with Gasteiger partial charge in [0.1, 0.15) is 24.7 Å². The molecule has 2 nitrogen and oxygen atoms in total. The molecule has 0 fully saturated rings. The number of benzene rings is 1. The third-order valence-corrected chi connectivity index (χ3v) is 3.01. The van der Waals surface area contributed by atoms with Crippen molar-refractivity contribution in [2.75, 3.05) is 13.2 Å². The smallest absolute Gasteiger partial charge is 0.148 e. The molecule has 0 aliphatic carbocycles. The van der Waals surface area contributed by atoms with Crippen LogP contribution in [0.2, 0.25) is 0 Å². The van der Waals surface area contributed by atoms with Gasteiger partial charge in [0, 0.05) is 11.1 Å². The molecule has 1 aromatic carbocycles. The predicted octanol–water partition coefficient (Wildman–Crippen LogP) is 3.96. The number of hydrogen-bond donors (Lipinski definition) is 0. The largest absolute Gasteiger partial charge is 0.481 e. The van der Waals surface area contributed by atoms with Crippen molar-refractivity contribution in [3.05, 3.63) is 23.3 Å². The van der Waals surface area contributed by atoms with Crippen molar-refractivity contribution in [1.29, 1.82) is 0 Å². The Bertz CT molecular complexity index is 478. The molecule has 0 atom stereocenters. The normalized spacial score (nSPS) is 10.2. The second kappa shape index (κ2) is 7.51. The van der Waals surface area contributed by atoms with E-state index in [0.717, 1.165) is 22.6 Å². The van der Waals surface area contributed by atoms with Gasteiger partial charge in [-0.2, -0.15) is 0 Å². The molecule has 0 amide bonds. The van der Waals surface area contributed by atoms with Crippen molar-refractivity contribution in [3.63, 3.8) is 0 Å². The molecule has 0 N–H and O–H groups in total. The fourth-order valence-corrected chi connectivity index (χ4v) is 1.98. The van der Waals surface area contributed by atoms with E-state index in [-0.39, 0.29) is 13.2 Å². The highest BCUT2D eigenvalue weighted by Gasteiger charge is 2.16. The summed E-state index contributed by atoms with van der Waals surface area (Å²) in [5, 5.41) is 0. The van der Waals surface area contributed by atoms with Crippen molar-refractivity contribution in [1.82, 2.24) is 0 Å². The van der Waals surface area contributed by atoms with Crippen molar-refractivity contribution < 1.29 is 9.47 Å². The fraction of sp³-hybridized carbons (Fsp3) is 0.444. The SMILES string of the molecule is C#CCOc1cc(C(C)C)c(OCC#C)cc1C(C)C. The summed E-state index contributed by atoms with van der Waals surface area (Å²) in [5.74, 6) is 7.29. The quantitative estimate of drug-likeness (QED) is 0.728. The molecule has 0 unspecified atom stereocenters. The predicted molar refractivity (Wildman–Crippen MR) is 83.3 cm³/mol. The van der Waals surface area contributed by atoms with E-state index in [2.05, 4.69) is 39.5 Å². The minimum Gasteiger partial charge on any atom is -0.481 e. The van der Waals surface area contributed by atoms with E-state index in [9.17, 15) is 0 Å². The first-order valence-corrected chi connectivity index (χ1v) is 6.81. The zero-order valence-electron chi connectivity index (χ0n) is 12.7. The molecule has 0 radical (unpaired) electrons. The maximum atomic E-state index is 5.67. The van der Waals surface area contributed by atoms with E-state index in [1.54, 1.807) is 0 Å². The molecule has 2 heteroatoms. The zero-order valence-corrected chi connectivity index (χ0v) is 12.7. The van der Waals surface area contributed by atoms with Crippen LogP contribution < -0.4 is 9.47 Å². The maximum Gasteiger partial charge on any atom is 0.148 e. The second-order valence-corrected chi connectivity index (χ2v) is 5.22. The Kier molecular flexibility index (Phi) is 6.01. The summed E-state index contributed by atoms with van der Waals surface area (Å²) < 4.78 is 11.3. The van der Waals surface area contributed by atoms with Crippen LogP contribution in [0.3, 0.4) is 0 Å². The fourth-order valence-electron chi connectivity index (χ4n) is 1.98. The van der Waals surface area contributed by atoms with Crippen molar-refractivity contribution >= 4 is 0 Å². The Labute approximate surface area is 122 Å². The van der Waals surface area contributed by atoms with E-state index < -0.39 is 0 Å². The number of terminal acetylenes is 2. The third-order valence-electron chi connectivity index (χ3n) is 3.01. The first-order valence-electron chi connectivity index (χ1n) is 6.81. The molecule has 1 aromatic rings. The minimum absolute atomic E-state index is 0.266. The van der Waals surface area contributed by atoms with Gasteiger partial charge in [0.2, 0.25) is 0 Å².